The predicted octanol–water partition coefficient (Wildman–Crippen LogP) is 3.62. The van der Waals surface area contributed by atoms with Gasteiger partial charge in [0, 0.05) is 0 Å². The van der Waals surface area contributed by atoms with E-state index in [1.165, 1.54) is 25.9 Å². The van der Waals surface area contributed by atoms with E-state index in [0.29, 0.717) is 18.8 Å². The Labute approximate surface area is 182 Å². The highest BCUT2D eigenvalue weighted by Crippen LogP contribution is 2.81. The monoisotopic (exact) mass is 415 g/mol. The predicted molar refractivity (Wildman–Crippen MR) is 119 cm³/mol. The van der Waals surface area contributed by atoms with Gasteiger partial charge in [-0.05, 0) is 87.7 Å². The molecule has 0 aromatic heterocycles. The van der Waals surface area contributed by atoms with Crippen molar-refractivity contribution in [2.24, 2.45) is 45.5 Å². The molecule has 3 fully saturated rings. The van der Waals surface area contributed by atoms with Crippen LogP contribution in [0, 0.1) is 34.0 Å². The molecule has 5 heteroatoms. The van der Waals surface area contributed by atoms with Crippen LogP contribution in [-0.4, -0.2) is 36.3 Å². The molecule has 0 aromatic carbocycles. The summed E-state index contributed by atoms with van der Waals surface area (Å²) in [6.45, 7) is 7.83. The van der Waals surface area contributed by atoms with E-state index in [1.807, 2.05) is 0 Å². The van der Waals surface area contributed by atoms with Crippen LogP contribution in [0.25, 0.3) is 0 Å². The van der Waals surface area contributed by atoms with Gasteiger partial charge in [0.05, 0.1) is 10.8 Å². The van der Waals surface area contributed by atoms with Crippen LogP contribution in [0.5, 0.6) is 0 Å². The minimum absolute atomic E-state index is 0.0606. The van der Waals surface area contributed by atoms with Crippen molar-refractivity contribution >= 4 is 11.8 Å². The van der Waals surface area contributed by atoms with E-state index in [4.69, 9.17) is 11.5 Å². The van der Waals surface area contributed by atoms with Crippen LogP contribution in [0.3, 0.4) is 0 Å². The van der Waals surface area contributed by atoms with Gasteiger partial charge in [-0.3, -0.25) is 9.59 Å². The van der Waals surface area contributed by atoms with Crippen molar-refractivity contribution in [3.05, 3.63) is 12.2 Å². The first-order valence-corrected chi connectivity index (χ1v) is 12.4. The van der Waals surface area contributed by atoms with E-state index < -0.39 is 10.8 Å². The van der Waals surface area contributed by atoms with Crippen molar-refractivity contribution in [2.45, 2.75) is 78.1 Å². The highest BCUT2D eigenvalue weighted by atomic mass is 16.2. The Morgan fingerprint density at radius 1 is 0.967 bits per heavy atom. The molecule has 4 N–H and O–H groups in total. The summed E-state index contributed by atoms with van der Waals surface area (Å²) in [5.41, 5.74) is 10.9. The molecule has 1 heterocycles. The number of carbonyl (C=O) groups is 2. The molecule has 2 amide bonds. The lowest BCUT2D eigenvalue weighted by Gasteiger charge is -2.49. The Morgan fingerprint density at radius 3 is 2.03 bits per heavy atom. The summed E-state index contributed by atoms with van der Waals surface area (Å²) >= 11 is 0. The van der Waals surface area contributed by atoms with Crippen LogP contribution in [0.15, 0.2) is 12.2 Å². The van der Waals surface area contributed by atoms with E-state index >= 15 is 0 Å². The third kappa shape index (κ3) is 2.91. The zero-order valence-corrected chi connectivity index (χ0v) is 19.0. The average Bonchev–Trinajstić information content (AvgIpc) is 3.09. The summed E-state index contributed by atoms with van der Waals surface area (Å²) < 4.78 is 0. The molecule has 1 aliphatic heterocycles. The number of hydrogen-bond donors (Lipinski definition) is 2. The van der Waals surface area contributed by atoms with Gasteiger partial charge in [-0.1, -0.05) is 45.3 Å². The van der Waals surface area contributed by atoms with Gasteiger partial charge in [0.1, 0.15) is 0 Å². The van der Waals surface area contributed by atoms with Gasteiger partial charge in [0.25, 0.3) is 0 Å². The Balaban J connectivity index is 1.66. The van der Waals surface area contributed by atoms with Crippen LogP contribution < -0.4 is 11.5 Å². The third-order valence-corrected chi connectivity index (χ3v) is 9.56. The largest absolute Gasteiger partial charge is 0.369 e. The van der Waals surface area contributed by atoms with Crippen molar-refractivity contribution in [2.75, 3.05) is 19.6 Å². The molecule has 4 aliphatic rings. The summed E-state index contributed by atoms with van der Waals surface area (Å²) in [6.07, 6.45) is 14.6. The number of primary amides is 2. The molecule has 168 valence electrons. The maximum absolute atomic E-state index is 13.3. The summed E-state index contributed by atoms with van der Waals surface area (Å²) in [7, 11) is 0. The smallest absolute Gasteiger partial charge is 0.225 e. The fourth-order valence-electron chi connectivity index (χ4n) is 7.87. The molecular formula is C25H41N3O2. The molecule has 0 radical (unpaired) electrons. The second-order valence-corrected chi connectivity index (χ2v) is 10.6. The van der Waals surface area contributed by atoms with Crippen molar-refractivity contribution in [1.82, 2.24) is 4.90 Å². The van der Waals surface area contributed by atoms with Gasteiger partial charge < -0.3 is 16.4 Å². The van der Waals surface area contributed by atoms with Crippen LogP contribution in [0.4, 0.5) is 0 Å². The van der Waals surface area contributed by atoms with E-state index in [2.05, 4.69) is 30.9 Å². The molecule has 2 bridgehead atoms. The second-order valence-electron chi connectivity index (χ2n) is 10.6. The molecule has 3 aliphatic carbocycles. The number of hydrogen-bond acceptors (Lipinski definition) is 3. The molecule has 0 aromatic rings. The van der Waals surface area contributed by atoms with E-state index in [-0.39, 0.29) is 29.1 Å². The molecular weight excluding hydrogens is 374 g/mol. The van der Waals surface area contributed by atoms with Gasteiger partial charge in [-0.2, -0.15) is 0 Å². The van der Waals surface area contributed by atoms with Crippen molar-refractivity contribution in [3.63, 3.8) is 0 Å². The molecule has 5 nitrogen and oxygen atoms in total. The Hall–Kier alpha value is -1.36. The number of rotatable bonds is 11. The lowest BCUT2D eigenvalue weighted by Crippen LogP contribution is -2.60. The van der Waals surface area contributed by atoms with Gasteiger partial charge >= 0.3 is 0 Å². The zero-order chi connectivity index (χ0) is 21.6. The number of nitrogens with two attached hydrogens (primary N) is 2. The number of allylic oxidation sites excluding steroid dienone is 2. The van der Waals surface area contributed by atoms with E-state index in [9.17, 15) is 9.59 Å². The van der Waals surface area contributed by atoms with E-state index in [1.54, 1.807) is 0 Å². The first-order chi connectivity index (χ1) is 14.4. The lowest BCUT2D eigenvalue weighted by atomic mass is 9.52. The van der Waals surface area contributed by atoms with Crippen molar-refractivity contribution in [3.8, 4) is 0 Å². The van der Waals surface area contributed by atoms with Crippen LogP contribution in [0.1, 0.15) is 78.1 Å². The number of likely N-dealkylation sites (tertiary alicyclic amines) is 1. The second kappa shape index (κ2) is 7.96. The maximum Gasteiger partial charge on any atom is 0.225 e. The van der Waals surface area contributed by atoms with Gasteiger partial charge in [-0.15, -0.1) is 0 Å². The summed E-state index contributed by atoms with van der Waals surface area (Å²) in [5.74, 6) is -0.00266. The zero-order valence-electron chi connectivity index (χ0n) is 19.0. The minimum atomic E-state index is -0.820. The number of unbranched alkanes of at least 4 members (excludes halogenated alkanes) is 1. The number of carbonyl (C=O) groups excluding carboxylic acids is 2. The highest BCUT2D eigenvalue weighted by molar-refractivity contribution is 5.95. The topological polar surface area (TPSA) is 89.4 Å². The molecule has 30 heavy (non-hydrogen) atoms. The summed E-state index contributed by atoms with van der Waals surface area (Å²) in [6, 6.07) is 0. The molecule has 1 saturated heterocycles. The van der Waals surface area contributed by atoms with E-state index in [0.717, 1.165) is 45.1 Å². The van der Waals surface area contributed by atoms with Crippen LogP contribution in [-0.2, 0) is 9.59 Å². The maximum atomic E-state index is 13.3. The minimum Gasteiger partial charge on any atom is -0.369 e. The molecule has 1 spiro atoms. The van der Waals surface area contributed by atoms with Gasteiger partial charge in [0.15, 0.2) is 0 Å². The highest BCUT2D eigenvalue weighted by Gasteiger charge is 2.81. The number of nitrogens with zero attached hydrogens (tertiary/aromatic N) is 1. The number of amides is 2. The van der Waals surface area contributed by atoms with Gasteiger partial charge in [-0.25, -0.2) is 0 Å². The first kappa shape index (κ1) is 21.9. The van der Waals surface area contributed by atoms with Crippen molar-refractivity contribution < 1.29 is 9.59 Å². The third-order valence-electron chi connectivity index (χ3n) is 9.56. The van der Waals surface area contributed by atoms with Gasteiger partial charge in [0.2, 0.25) is 11.8 Å². The lowest BCUT2D eigenvalue weighted by molar-refractivity contribution is -0.154. The molecule has 4 atom stereocenters. The van der Waals surface area contributed by atoms with Crippen LogP contribution in [0.2, 0.25) is 0 Å². The normalized spacial score (nSPS) is 36.2. The summed E-state index contributed by atoms with van der Waals surface area (Å²) in [5, 5.41) is 0. The quantitative estimate of drug-likeness (QED) is 0.399. The fraction of sp³-hybridized carbons (Fsp3) is 0.840. The summed E-state index contributed by atoms with van der Waals surface area (Å²) in [4.78, 5) is 29.2. The Bertz CT molecular complexity index is 705. The molecule has 4 rings (SSSR count). The van der Waals surface area contributed by atoms with Crippen LogP contribution >= 0.6 is 0 Å². The molecule has 0 unspecified atom stereocenters. The SMILES string of the molecule is CCC(CC)C[C@@]1(C(N)=O)[C@H]2C=C[C@H](C23CC3)[C@@]1(CCCCN1CCCC1)C(N)=O. The Morgan fingerprint density at radius 2 is 1.53 bits per heavy atom. The standard InChI is InChI=1S/C25H41N3O2/c1-3-18(4-2)17-25(22(27)30)20-10-9-19(23(20)12-13-23)24(25,21(26)29)11-5-6-14-28-15-7-8-16-28/h9-10,18-20H,3-8,11-17H2,1-2H3,(H2,26,29)(H2,27,30)/t19-,20+,24+,25+/m1/s1. The van der Waals surface area contributed by atoms with Crippen molar-refractivity contribution in [1.29, 1.82) is 0 Å². The fourth-order valence-corrected chi connectivity index (χ4v) is 7.87. The average molecular weight is 416 g/mol. The Kier molecular flexibility index (Phi) is 5.80. The first-order valence-electron chi connectivity index (χ1n) is 12.4. The molecule has 2 saturated carbocycles.